The van der Waals surface area contributed by atoms with E-state index in [1.807, 2.05) is 26.0 Å². The average molecular weight is 498 g/mol. The maximum atomic E-state index is 15.5. The van der Waals surface area contributed by atoms with Crippen molar-refractivity contribution in [3.05, 3.63) is 64.8 Å². The number of ketones is 1. The lowest BCUT2D eigenvalue weighted by molar-refractivity contribution is -0.121. The first kappa shape index (κ1) is 26.1. The fourth-order valence-corrected chi connectivity index (χ4v) is 5.11. The van der Waals surface area contributed by atoms with Crippen molar-refractivity contribution in [2.75, 3.05) is 45.8 Å². The van der Waals surface area contributed by atoms with Gasteiger partial charge in [0.2, 0.25) is 5.91 Å². The number of aryl methyl sites for hydroxylation is 1. The lowest BCUT2D eigenvalue weighted by Crippen LogP contribution is -2.53. The number of carbonyl (C=O) groups excluding carboxylic acids is 2. The Balaban J connectivity index is 1.24. The first-order valence-electron chi connectivity index (χ1n) is 12.6. The molecule has 1 aromatic heterocycles. The highest BCUT2D eigenvalue weighted by molar-refractivity contribution is 6.63. The molecule has 1 fully saturated rings. The number of fused-ring (bicyclic) bond motifs is 2. The number of aromatic nitrogens is 1. The Morgan fingerprint density at radius 1 is 1.08 bits per heavy atom. The van der Waals surface area contributed by atoms with Gasteiger partial charge in [-0.15, -0.1) is 0 Å². The molecule has 0 atom stereocenters. The topological polar surface area (TPSA) is 60.8 Å². The molecule has 1 saturated heterocycles. The normalized spacial score (nSPS) is 19.9. The number of hydrogen-bond donors (Lipinski definition) is 1. The van der Waals surface area contributed by atoms with Gasteiger partial charge in [0.15, 0.2) is 5.78 Å². The van der Waals surface area contributed by atoms with Gasteiger partial charge in [-0.05, 0) is 74.5 Å². The van der Waals surface area contributed by atoms with Gasteiger partial charge in [0.05, 0.1) is 0 Å². The Morgan fingerprint density at radius 2 is 1.81 bits per heavy atom. The minimum absolute atomic E-state index is 0.0589. The summed E-state index contributed by atoms with van der Waals surface area (Å²) >= 11 is 0. The fourth-order valence-electron chi connectivity index (χ4n) is 5.11. The third-order valence-corrected chi connectivity index (χ3v) is 6.97. The number of allylic oxidation sites excluding steroid dienone is 4. The molecule has 0 radical (unpaired) electrons. The third kappa shape index (κ3) is 5.87. The SMILES string of the molecule is CC(=O)/C=C/CN1CCN(CCNC(=O)CCc2ccc3n2[B-](F)(F)N2C=C(C)C=C(C)C2=C3)CC1. The Labute approximate surface area is 211 Å². The molecule has 0 saturated carbocycles. The van der Waals surface area contributed by atoms with Gasteiger partial charge in [-0.3, -0.25) is 19.4 Å². The predicted octanol–water partition coefficient (Wildman–Crippen LogP) is 3.04. The molecule has 3 aliphatic heterocycles. The van der Waals surface area contributed by atoms with Crippen LogP contribution >= 0.6 is 0 Å². The van der Waals surface area contributed by atoms with E-state index in [0.717, 1.165) is 59.7 Å². The highest BCUT2D eigenvalue weighted by atomic mass is 19.2. The van der Waals surface area contributed by atoms with Crippen LogP contribution in [-0.4, -0.2) is 83.6 Å². The van der Waals surface area contributed by atoms with Crippen molar-refractivity contribution in [3.8, 4) is 0 Å². The number of nitrogens with zero attached hydrogens (tertiary/aromatic N) is 4. The van der Waals surface area contributed by atoms with Crippen molar-refractivity contribution >= 4 is 24.7 Å². The first-order chi connectivity index (χ1) is 17.1. The predicted molar refractivity (Wildman–Crippen MR) is 139 cm³/mol. The summed E-state index contributed by atoms with van der Waals surface area (Å²) in [4.78, 5) is 29.1. The van der Waals surface area contributed by atoms with E-state index < -0.39 is 6.97 Å². The molecule has 0 bridgehead atoms. The largest absolute Gasteiger partial charge is 0.533 e. The standard InChI is InChI=1S/C26H35BF2N5O2/c1-20-17-21(2)25-18-24-7-6-23(34(24)27(28,29)33(25)19-20)8-9-26(36)30-10-12-32-15-13-31(14-16-32)11-4-5-22(3)35/h4-7,17-19H,8-16H2,1-3H3,(H,30,36)/q-1/b5-4+. The smallest absolute Gasteiger partial charge is 0.446 e. The number of nitrogens with one attached hydrogen (secondary N) is 1. The molecule has 1 N–H and O–H groups in total. The summed E-state index contributed by atoms with van der Waals surface area (Å²) in [5.41, 5.74) is 3.06. The number of halogens is 2. The van der Waals surface area contributed by atoms with Crippen LogP contribution in [-0.2, 0) is 16.0 Å². The van der Waals surface area contributed by atoms with Crippen molar-refractivity contribution in [1.82, 2.24) is 24.4 Å². The van der Waals surface area contributed by atoms with Gasteiger partial charge >= 0.3 is 6.97 Å². The van der Waals surface area contributed by atoms with Crippen molar-refractivity contribution in [2.45, 2.75) is 33.6 Å². The van der Waals surface area contributed by atoms with Gasteiger partial charge in [-0.25, -0.2) is 0 Å². The van der Waals surface area contributed by atoms with Gasteiger partial charge in [0.25, 0.3) is 0 Å². The molecule has 4 rings (SSSR count). The molecule has 3 aliphatic rings. The van der Waals surface area contributed by atoms with Gasteiger partial charge in [0.1, 0.15) is 0 Å². The molecular formula is C26H35BF2N5O2-. The first-order valence-corrected chi connectivity index (χ1v) is 12.6. The molecule has 0 aromatic carbocycles. The molecule has 194 valence electrons. The summed E-state index contributed by atoms with van der Waals surface area (Å²) < 4.78 is 32.2. The van der Waals surface area contributed by atoms with Crippen LogP contribution in [0.5, 0.6) is 0 Å². The van der Waals surface area contributed by atoms with E-state index in [0.29, 0.717) is 23.6 Å². The molecule has 36 heavy (non-hydrogen) atoms. The highest BCUT2D eigenvalue weighted by Crippen LogP contribution is 2.38. The van der Waals surface area contributed by atoms with Crippen LogP contribution in [0, 0.1) is 0 Å². The van der Waals surface area contributed by atoms with E-state index in [2.05, 4.69) is 15.1 Å². The Morgan fingerprint density at radius 3 is 2.53 bits per heavy atom. The number of carbonyl (C=O) groups is 2. The monoisotopic (exact) mass is 498 g/mol. The second kappa shape index (κ2) is 11.0. The lowest BCUT2D eigenvalue weighted by atomic mass is 9.84. The van der Waals surface area contributed by atoms with Crippen LogP contribution in [0.1, 0.15) is 38.6 Å². The zero-order chi connectivity index (χ0) is 25.9. The van der Waals surface area contributed by atoms with E-state index in [4.69, 9.17) is 0 Å². The summed E-state index contributed by atoms with van der Waals surface area (Å²) in [6.07, 6.45) is 9.12. The number of amides is 1. The molecule has 4 heterocycles. The molecule has 0 spiro atoms. The summed E-state index contributed by atoms with van der Waals surface area (Å²) in [6.45, 7) is 6.90. The van der Waals surface area contributed by atoms with Gasteiger partial charge in [-0.1, -0.05) is 12.2 Å². The quantitative estimate of drug-likeness (QED) is 0.419. The Hall–Kier alpha value is -2.98. The zero-order valence-corrected chi connectivity index (χ0v) is 21.3. The van der Waals surface area contributed by atoms with E-state index in [1.165, 1.54) is 6.20 Å². The lowest BCUT2D eigenvalue weighted by Gasteiger charge is -2.47. The number of rotatable bonds is 9. The minimum Gasteiger partial charge on any atom is -0.446 e. The molecule has 0 aliphatic carbocycles. The van der Waals surface area contributed by atoms with Gasteiger partial charge in [-0.2, -0.15) is 0 Å². The summed E-state index contributed by atoms with van der Waals surface area (Å²) in [5, 5.41) is 2.93. The van der Waals surface area contributed by atoms with Crippen LogP contribution in [0.3, 0.4) is 0 Å². The Kier molecular flexibility index (Phi) is 7.95. The van der Waals surface area contributed by atoms with Crippen LogP contribution < -0.4 is 5.32 Å². The van der Waals surface area contributed by atoms with Crippen LogP contribution in [0.4, 0.5) is 8.63 Å². The van der Waals surface area contributed by atoms with Gasteiger partial charge in [0, 0.05) is 63.6 Å². The summed E-state index contributed by atoms with van der Waals surface area (Å²) in [7, 11) is 0. The summed E-state index contributed by atoms with van der Waals surface area (Å²) in [6, 6.07) is 3.41. The van der Waals surface area contributed by atoms with Crippen molar-refractivity contribution in [3.63, 3.8) is 0 Å². The van der Waals surface area contributed by atoms with E-state index >= 15 is 8.63 Å². The van der Waals surface area contributed by atoms with Crippen LogP contribution in [0.25, 0.3) is 6.08 Å². The number of piperazine rings is 1. The highest BCUT2D eigenvalue weighted by Gasteiger charge is 2.41. The molecule has 10 heteroatoms. The molecule has 1 amide bonds. The molecule has 0 unspecified atom stereocenters. The minimum atomic E-state index is -4.03. The maximum Gasteiger partial charge on any atom is 0.533 e. The zero-order valence-electron chi connectivity index (χ0n) is 21.3. The van der Waals surface area contributed by atoms with Crippen LogP contribution in [0.2, 0.25) is 0 Å². The second-order valence-electron chi connectivity index (χ2n) is 9.85. The second-order valence-corrected chi connectivity index (χ2v) is 9.85. The van der Waals surface area contributed by atoms with Crippen molar-refractivity contribution < 1.29 is 18.2 Å². The van der Waals surface area contributed by atoms with E-state index in [9.17, 15) is 9.59 Å². The van der Waals surface area contributed by atoms with E-state index in [1.54, 1.807) is 31.2 Å². The average Bonchev–Trinajstić information content (AvgIpc) is 3.23. The Bertz CT molecular complexity index is 1130. The maximum absolute atomic E-state index is 15.5. The van der Waals surface area contributed by atoms with Gasteiger partial charge < -0.3 is 23.2 Å². The fraction of sp³-hybridized carbons (Fsp3) is 0.462. The number of hydrogen-bond acceptors (Lipinski definition) is 5. The van der Waals surface area contributed by atoms with E-state index in [-0.39, 0.29) is 24.5 Å². The summed E-state index contributed by atoms with van der Waals surface area (Å²) in [5.74, 6) is -0.0718. The molecule has 7 nitrogen and oxygen atoms in total. The van der Waals surface area contributed by atoms with Crippen molar-refractivity contribution in [1.29, 1.82) is 0 Å². The molecular weight excluding hydrogens is 463 g/mol. The molecule has 1 aromatic rings. The van der Waals surface area contributed by atoms with Crippen molar-refractivity contribution in [2.24, 2.45) is 0 Å². The van der Waals surface area contributed by atoms with Crippen LogP contribution in [0.15, 0.2) is 53.4 Å². The third-order valence-electron chi connectivity index (χ3n) is 6.97.